The topological polar surface area (TPSA) is 32.3 Å². The van der Waals surface area contributed by atoms with E-state index in [1.807, 2.05) is 0 Å². The maximum atomic E-state index is 11.8. The van der Waals surface area contributed by atoms with Crippen LogP contribution in [0, 0.1) is 19.8 Å². The molecule has 0 spiro atoms. The molecule has 0 aliphatic carbocycles. The van der Waals surface area contributed by atoms with Gasteiger partial charge in [-0.25, -0.2) is 0 Å². The number of nitrogens with one attached hydrogen (secondary N) is 1. The summed E-state index contributed by atoms with van der Waals surface area (Å²) in [6, 6.07) is 17.9. The van der Waals surface area contributed by atoms with Gasteiger partial charge in [-0.1, -0.05) is 99.2 Å². The predicted molar refractivity (Wildman–Crippen MR) is 118 cm³/mol. The van der Waals surface area contributed by atoms with E-state index >= 15 is 0 Å². The molecule has 2 N–H and O–H groups in total. The predicted octanol–water partition coefficient (Wildman–Crippen LogP) is 6.42. The summed E-state index contributed by atoms with van der Waals surface area (Å²) in [5, 5.41) is 15.6. The molecule has 152 valence electrons. The van der Waals surface area contributed by atoms with E-state index in [1.54, 1.807) is 0 Å². The molecule has 2 heteroatoms. The summed E-state index contributed by atoms with van der Waals surface area (Å²) < 4.78 is 0. The van der Waals surface area contributed by atoms with Crippen LogP contribution in [-0.2, 0) is 0 Å². The van der Waals surface area contributed by atoms with Gasteiger partial charge in [0.15, 0.2) is 0 Å². The van der Waals surface area contributed by atoms with Crippen LogP contribution >= 0.6 is 0 Å². The SMILES string of the molecule is CCCCCC[C@]1(O)C[C@@H](c2ccc(C)cc2)N[C@H](c2ccc(C)cc2)[C@@H]1C. The lowest BCUT2D eigenvalue weighted by atomic mass is 9.70. The van der Waals surface area contributed by atoms with Gasteiger partial charge >= 0.3 is 0 Å². The van der Waals surface area contributed by atoms with Crippen molar-refractivity contribution in [3.8, 4) is 0 Å². The minimum atomic E-state index is -0.635. The molecule has 4 atom stereocenters. The molecule has 2 aromatic carbocycles. The molecule has 0 amide bonds. The maximum absolute atomic E-state index is 11.8. The second-order valence-electron chi connectivity index (χ2n) is 8.93. The first-order valence-electron chi connectivity index (χ1n) is 11.0. The lowest BCUT2D eigenvalue weighted by Gasteiger charge is -2.48. The fourth-order valence-corrected chi connectivity index (χ4v) is 4.63. The molecule has 1 aliphatic heterocycles. The van der Waals surface area contributed by atoms with Crippen molar-refractivity contribution < 1.29 is 5.11 Å². The van der Waals surface area contributed by atoms with Crippen molar-refractivity contribution in [3.63, 3.8) is 0 Å². The van der Waals surface area contributed by atoms with Crippen molar-refractivity contribution in [1.82, 2.24) is 5.32 Å². The molecule has 1 heterocycles. The normalized spacial score (nSPS) is 27.7. The average Bonchev–Trinajstić information content (AvgIpc) is 2.69. The summed E-state index contributed by atoms with van der Waals surface area (Å²) in [5.41, 5.74) is 4.47. The largest absolute Gasteiger partial charge is 0.389 e. The van der Waals surface area contributed by atoms with Crippen LogP contribution in [0.5, 0.6) is 0 Å². The number of aryl methyl sites for hydroxylation is 2. The second-order valence-corrected chi connectivity index (χ2v) is 8.93. The molecule has 2 aromatic rings. The van der Waals surface area contributed by atoms with Gasteiger partial charge in [0.25, 0.3) is 0 Å². The zero-order valence-corrected chi connectivity index (χ0v) is 18.0. The van der Waals surface area contributed by atoms with Gasteiger partial charge in [0.05, 0.1) is 5.60 Å². The highest BCUT2D eigenvalue weighted by atomic mass is 16.3. The Labute approximate surface area is 171 Å². The van der Waals surface area contributed by atoms with E-state index in [0.717, 1.165) is 19.3 Å². The maximum Gasteiger partial charge on any atom is 0.0709 e. The Balaban J connectivity index is 1.87. The fourth-order valence-electron chi connectivity index (χ4n) is 4.63. The standard InChI is InChI=1S/C26H37NO/c1-5-6-7-8-17-26(28)18-24(22-13-9-19(2)10-14-22)27-25(21(26)4)23-15-11-20(3)12-16-23/h9-16,21,24-25,27-28H,5-8,17-18H2,1-4H3/t21-,24-,25-,26-/m0/s1. The minimum Gasteiger partial charge on any atom is -0.389 e. The number of benzene rings is 2. The van der Waals surface area contributed by atoms with Gasteiger partial charge in [-0.05, 0) is 37.8 Å². The molecule has 28 heavy (non-hydrogen) atoms. The number of piperidine rings is 1. The Morgan fingerprint density at radius 1 is 0.893 bits per heavy atom. The summed E-state index contributed by atoms with van der Waals surface area (Å²) >= 11 is 0. The number of aliphatic hydroxyl groups is 1. The first-order chi connectivity index (χ1) is 13.4. The van der Waals surface area contributed by atoms with Crippen molar-refractivity contribution in [2.75, 3.05) is 0 Å². The number of rotatable bonds is 7. The van der Waals surface area contributed by atoms with Crippen molar-refractivity contribution >= 4 is 0 Å². The number of hydrogen-bond acceptors (Lipinski definition) is 2. The molecule has 0 radical (unpaired) electrons. The van der Waals surface area contributed by atoms with Gasteiger partial charge in [-0.2, -0.15) is 0 Å². The van der Waals surface area contributed by atoms with Crippen LogP contribution in [0.2, 0.25) is 0 Å². The lowest BCUT2D eigenvalue weighted by molar-refractivity contribution is -0.0754. The van der Waals surface area contributed by atoms with E-state index in [-0.39, 0.29) is 18.0 Å². The Bertz CT molecular complexity index is 736. The quantitative estimate of drug-likeness (QED) is 0.544. The summed E-state index contributed by atoms with van der Waals surface area (Å²) in [6.45, 7) is 8.71. The van der Waals surface area contributed by atoms with Gasteiger partial charge in [0, 0.05) is 18.0 Å². The van der Waals surface area contributed by atoms with Crippen molar-refractivity contribution in [1.29, 1.82) is 0 Å². The van der Waals surface area contributed by atoms with Gasteiger partial charge in [0.2, 0.25) is 0 Å². The molecule has 0 aromatic heterocycles. The molecular weight excluding hydrogens is 342 g/mol. The average molecular weight is 380 g/mol. The molecule has 2 nitrogen and oxygen atoms in total. The molecular formula is C26H37NO. The minimum absolute atomic E-state index is 0.164. The van der Waals surface area contributed by atoms with Crippen molar-refractivity contribution in [2.45, 2.75) is 83.9 Å². The zero-order chi connectivity index (χ0) is 20.1. The van der Waals surface area contributed by atoms with Gasteiger partial charge in [-0.15, -0.1) is 0 Å². The molecule has 0 bridgehead atoms. The fraction of sp³-hybridized carbons (Fsp3) is 0.538. The van der Waals surface area contributed by atoms with E-state index in [1.165, 1.54) is 41.5 Å². The number of unbranched alkanes of at least 4 members (excludes halogenated alkanes) is 3. The van der Waals surface area contributed by atoms with E-state index in [0.29, 0.717) is 0 Å². The monoisotopic (exact) mass is 379 g/mol. The number of hydrogen-bond donors (Lipinski definition) is 2. The molecule has 1 saturated heterocycles. The van der Waals surface area contributed by atoms with Crippen molar-refractivity contribution in [3.05, 3.63) is 70.8 Å². The van der Waals surface area contributed by atoms with Gasteiger partial charge in [0.1, 0.15) is 0 Å². The molecule has 1 fully saturated rings. The highest BCUT2D eigenvalue weighted by Gasteiger charge is 2.45. The third-order valence-corrected chi connectivity index (χ3v) is 6.67. The molecule has 3 rings (SSSR count). The third kappa shape index (κ3) is 4.85. The molecule has 0 saturated carbocycles. The Kier molecular flexibility index (Phi) is 6.95. The Hall–Kier alpha value is -1.64. The highest BCUT2D eigenvalue weighted by molar-refractivity contribution is 5.30. The van der Waals surface area contributed by atoms with Crippen LogP contribution in [0.3, 0.4) is 0 Å². The van der Waals surface area contributed by atoms with Crippen LogP contribution in [0.15, 0.2) is 48.5 Å². The molecule has 0 unspecified atom stereocenters. The summed E-state index contributed by atoms with van der Waals surface area (Å²) in [6.07, 6.45) is 6.48. The zero-order valence-electron chi connectivity index (χ0n) is 18.0. The van der Waals surface area contributed by atoms with Crippen molar-refractivity contribution in [2.24, 2.45) is 5.92 Å². The Morgan fingerprint density at radius 3 is 2.04 bits per heavy atom. The third-order valence-electron chi connectivity index (χ3n) is 6.67. The van der Waals surface area contributed by atoms with Crippen LogP contribution in [0.4, 0.5) is 0 Å². The summed E-state index contributed by atoms with van der Waals surface area (Å²) in [7, 11) is 0. The van der Waals surface area contributed by atoms with Gasteiger partial charge in [-0.3, -0.25) is 0 Å². The van der Waals surface area contributed by atoms with E-state index in [4.69, 9.17) is 0 Å². The first-order valence-corrected chi connectivity index (χ1v) is 11.0. The van der Waals surface area contributed by atoms with Crippen LogP contribution < -0.4 is 5.32 Å². The van der Waals surface area contributed by atoms with Crippen LogP contribution in [-0.4, -0.2) is 10.7 Å². The van der Waals surface area contributed by atoms with Crippen LogP contribution in [0.25, 0.3) is 0 Å². The molecule has 1 aliphatic rings. The first kappa shape index (κ1) is 21.1. The van der Waals surface area contributed by atoms with Gasteiger partial charge < -0.3 is 10.4 Å². The highest BCUT2D eigenvalue weighted by Crippen LogP contribution is 2.45. The second kappa shape index (κ2) is 9.24. The summed E-state index contributed by atoms with van der Waals surface area (Å²) in [5.74, 6) is 0.179. The summed E-state index contributed by atoms with van der Waals surface area (Å²) in [4.78, 5) is 0. The smallest absolute Gasteiger partial charge is 0.0709 e. The van der Waals surface area contributed by atoms with E-state index in [2.05, 4.69) is 81.5 Å². The van der Waals surface area contributed by atoms with Crippen LogP contribution in [0.1, 0.15) is 86.7 Å². The van der Waals surface area contributed by atoms with E-state index in [9.17, 15) is 5.11 Å². The lowest BCUT2D eigenvalue weighted by Crippen LogP contribution is -2.52. The Morgan fingerprint density at radius 2 is 1.46 bits per heavy atom. The van der Waals surface area contributed by atoms with E-state index < -0.39 is 5.60 Å².